The van der Waals surface area contributed by atoms with Crippen molar-refractivity contribution < 1.29 is 14.2 Å². The zero-order valence-electron chi connectivity index (χ0n) is 21.5. The number of methoxy groups -OCH3 is 2. The molecule has 4 heteroatoms. The lowest BCUT2D eigenvalue weighted by atomic mass is 9.79. The summed E-state index contributed by atoms with van der Waals surface area (Å²) < 4.78 is 17.3. The molecule has 0 bridgehead atoms. The molecule has 2 unspecified atom stereocenters. The largest absolute Gasteiger partial charge is 0.497 e. The first-order valence-electron chi connectivity index (χ1n) is 13.2. The Hall–Kier alpha value is -3.24. The molecule has 1 fully saturated rings. The predicted molar refractivity (Wildman–Crippen MR) is 145 cm³/mol. The van der Waals surface area contributed by atoms with E-state index in [2.05, 4.69) is 72.6 Å². The Labute approximate surface area is 214 Å². The third-order valence-electron chi connectivity index (χ3n) is 8.36. The SMILES string of the molecule is COc1ccc2c(c1)CCC1=C2C(c2ccc(OCCC3CCCN3C)cc2)c2ccc(OC)cc21. The highest BCUT2D eigenvalue weighted by Crippen LogP contribution is 2.55. The smallest absolute Gasteiger partial charge is 0.119 e. The van der Waals surface area contributed by atoms with E-state index in [0.717, 1.165) is 43.1 Å². The van der Waals surface area contributed by atoms with Crippen molar-refractivity contribution in [2.24, 2.45) is 0 Å². The average molecular weight is 482 g/mol. The molecule has 2 atom stereocenters. The number of hydrogen-bond acceptors (Lipinski definition) is 4. The van der Waals surface area contributed by atoms with Gasteiger partial charge >= 0.3 is 0 Å². The standard InChI is InChI=1S/C32H35NO3/c1-33-17-4-5-23(33)16-18-36-24-9-6-21(7-10-24)31-28-15-12-26(35-3)20-30(28)29-13-8-22-19-25(34-2)11-14-27(22)32(29)31/h6-7,9-12,14-15,19-20,23,31H,4-5,8,13,16-18H2,1-3H3. The van der Waals surface area contributed by atoms with Crippen LogP contribution in [0.4, 0.5) is 0 Å². The third-order valence-corrected chi connectivity index (χ3v) is 8.36. The van der Waals surface area contributed by atoms with Crippen molar-refractivity contribution in [2.45, 2.75) is 44.1 Å². The van der Waals surface area contributed by atoms with Gasteiger partial charge in [-0.1, -0.05) is 24.3 Å². The van der Waals surface area contributed by atoms with E-state index >= 15 is 0 Å². The lowest BCUT2D eigenvalue weighted by Gasteiger charge is -2.24. The molecule has 3 aromatic carbocycles. The molecule has 6 rings (SSSR count). The summed E-state index contributed by atoms with van der Waals surface area (Å²) in [4.78, 5) is 2.46. The van der Waals surface area contributed by atoms with Crippen LogP contribution in [0.15, 0.2) is 60.7 Å². The number of benzene rings is 3. The molecule has 3 aliphatic rings. The van der Waals surface area contributed by atoms with Gasteiger partial charge in [-0.15, -0.1) is 0 Å². The van der Waals surface area contributed by atoms with Gasteiger partial charge in [0.2, 0.25) is 0 Å². The minimum absolute atomic E-state index is 0.203. The van der Waals surface area contributed by atoms with Crippen molar-refractivity contribution in [3.05, 3.63) is 88.5 Å². The molecule has 0 aromatic heterocycles. The summed E-state index contributed by atoms with van der Waals surface area (Å²) >= 11 is 0. The van der Waals surface area contributed by atoms with Crippen molar-refractivity contribution in [3.63, 3.8) is 0 Å². The Bertz CT molecular complexity index is 1290. The van der Waals surface area contributed by atoms with Crippen molar-refractivity contribution in [2.75, 3.05) is 34.4 Å². The van der Waals surface area contributed by atoms with Crippen LogP contribution in [0.5, 0.6) is 17.2 Å². The van der Waals surface area contributed by atoms with E-state index in [9.17, 15) is 0 Å². The van der Waals surface area contributed by atoms with Crippen LogP contribution in [-0.2, 0) is 6.42 Å². The molecular weight excluding hydrogens is 446 g/mol. The topological polar surface area (TPSA) is 30.9 Å². The fraction of sp³-hybridized carbons (Fsp3) is 0.375. The van der Waals surface area contributed by atoms with Crippen molar-refractivity contribution in [3.8, 4) is 17.2 Å². The van der Waals surface area contributed by atoms with Gasteiger partial charge in [0.05, 0.1) is 20.8 Å². The molecule has 1 heterocycles. The number of fused-ring (bicyclic) bond motifs is 4. The van der Waals surface area contributed by atoms with Crippen LogP contribution in [0.25, 0.3) is 11.1 Å². The van der Waals surface area contributed by atoms with Gasteiger partial charge in [0.1, 0.15) is 17.2 Å². The van der Waals surface area contributed by atoms with Gasteiger partial charge < -0.3 is 19.1 Å². The number of nitrogens with zero attached hydrogens (tertiary/aromatic N) is 1. The van der Waals surface area contributed by atoms with Crippen LogP contribution in [0.2, 0.25) is 0 Å². The normalized spacial score (nSPS) is 20.6. The van der Waals surface area contributed by atoms with Crippen molar-refractivity contribution in [1.82, 2.24) is 4.90 Å². The fourth-order valence-corrected chi connectivity index (χ4v) is 6.42. The molecule has 3 aromatic rings. The Balaban J connectivity index is 1.31. The molecule has 4 nitrogen and oxygen atoms in total. The number of allylic oxidation sites excluding steroid dienone is 2. The van der Waals surface area contributed by atoms with E-state index in [0.29, 0.717) is 6.04 Å². The lowest BCUT2D eigenvalue weighted by molar-refractivity contribution is 0.233. The Morgan fingerprint density at radius 1 is 0.833 bits per heavy atom. The first-order valence-corrected chi connectivity index (χ1v) is 13.2. The zero-order valence-corrected chi connectivity index (χ0v) is 21.5. The van der Waals surface area contributed by atoms with E-state index in [1.165, 1.54) is 58.3 Å². The predicted octanol–water partition coefficient (Wildman–Crippen LogP) is 6.57. The van der Waals surface area contributed by atoms with Crippen molar-refractivity contribution >= 4 is 11.1 Å². The monoisotopic (exact) mass is 481 g/mol. The zero-order chi connectivity index (χ0) is 24.6. The highest BCUT2D eigenvalue weighted by atomic mass is 16.5. The van der Waals surface area contributed by atoms with Crippen molar-refractivity contribution in [1.29, 1.82) is 0 Å². The van der Waals surface area contributed by atoms with Gasteiger partial charge in [-0.25, -0.2) is 0 Å². The molecule has 0 saturated carbocycles. The van der Waals surface area contributed by atoms with E-state index in [1.807, 2.05) is 0 Å². The molecule has 186 valence electrons. The number of rotatable bonds is 7. The number of likely N-dealkylation sites (tertiary alicyclic amines) is 1. The maximum atomic E-state index is 6.15. The summed E-state index contributed by atoms with van der Waals surface area (Å²) in [6.07, 6.45) is 5.74. The molecule has 0 amide bonds. The minimum Gasteiger partial charge on any atom is -0.497 e. The number of ether oxygens (including phenoxy) is 3. The Morgan fingerprint density at radius 3 is 2.33 bits per heavy atom. The lowest BCUT2D eigenvalue weighted by Crippen LogP contribution is -2.26. The highest BCUT2D eigenvalue weighted by molar-refractivity contribution is 6.03. The van der Waals surface area contributed by atoms with Gasteiger partial charge in [-0.05, 0) is 121 Å². The molecule has 36 heavy (non-hydrogen) atoms. The quantitative estimate of drug-likeness (QED) is 0.382. The molecule has 0 radical (unpaired) electrons. The van der Waals surface area contributed by atoms with Crippen LogP contribution in [-0.4, -0.2) is 45.4 Å². The molecule has 0 spiro atoms. The average Bonchev–Trinajstić information content (AvgIpc) is 3.48. The molecule has 0 N–H and O–H groups in total. The van der Waals surface area contributed by atoms with Crippen LogP contribution in [0.3, 0.4) is 0 Å². The third kappa shape index (κ3) is 4.08. The van der Waals surface area contributed by atoms with E-state index < -0.39 is 0 Å². The van der Waals surface area contributed by atoms with Crippen LogP contribution < -0.4 is 14.2 Å². The Morgan fingerprint density at radius 2 is 1.58 bits per heavy atom. The maximum absolute atomic E-state index is 6.15. The van der Waals surface area contributed by atoms with Crippen LogP contribution in [0.1, 0.15) is 59.4 Å². The second-order valence-corrected chi connectivity index (χ2v) is 10.3. The van der Waals surface area contributed by atoms with E-state index in [-0.39, 0.29) is 5.92 Å². The summed E-state index contributed by atoms with van der Waals surface area (Å²) in [5, 5.41) is 0. The summed E-state index contributed by atoms with van der Waals surface area (Å²) in [6.45, 7) is 1.98. The molecule has 1 saturated heterocycles. The summed E-state index contributed by atoms with van der Waals surface area (Å²) in [5.74, 6) is 3.00. The second-order valence-electron chi connectivity index (χ2n) is 10.3. The molecular formula is C32H35NO3. The van der Waals surface area contributed by atoms with E-state index in [1.54, 1.807) is 14.2 Å². The van der Waals surface area contributed by atoms with Crippen LogP contribution >= 0.6 is 0 Å². The summed E-state index contributed by atoms with van der Waals surface area (Å²) in [5.41, 5.74) is 9.60. The minimum atomic E-state index is 0.203. The second kappa shape index (κ2) is 9.67. The van der Waals surface area contributed by atoms with Gasteiger partial charge in [0, 0.05) is 12.0 Å². The van der Waals surface area contributed by atoms with Gasteiger partial charge in [0.15, 0.2) is 0 Å². The van der Waals surface area contributed by atoms with Crippen LogP contribution in [0, 0.1) is 0 Å². The first-order chi connectivity index (χ1) is 17.7. The first kappa shape index (κ1) is 23.2. The van der Waals surface area contributed by atoms with Gasteiger partial charge in [-0.2, -0.15) is 0 Å². The summed E-state index contributed by atoms with van der Waals surface area (Å²) in [7, 11) is 5.71. The Kier molecular flexibility index (Phi) is 6.22. The molecule has 2 aliphatic carbocycles. The number of hydrogen-bond donors (Lipinski definition) is 0. The molecule has 1 aliphatic heterocycles. The fourth-order valence-electron chi connectivity index (χ4n) is 6.42. The maximum Gasteiger partial charge on any atom is 0.119 e. The van der Waals surface area contributed by atoms with Gasteiger partial charge in [-0.3, -0.25) is 0 Å². The van der Waals surface area contributed by atoms with E-state index in [4.69, 9.17) is 14.2 Å². The summed E-state index contributed by atoms with van der Waals surface area (Å²) in [6, 6.07) is 22.6. The van der Waals surface area contributed by atoms with Gasteiger partial charge in [0.25, 0.3) is 0 Å². The highest BCUT2D eigenvalue weighted by Gasteiger charge is 2.36. The number of aryl methyl sites for hydroxylation is 1.